The summed E-state index contributed by atoms with van der Waals surface area (Å²) in [4.78, 5) is 13.4. The summed E-state index contributed by atoms with van der Waals surface area (Å²) < 4.78 is 3.42. The molecule has 2 heterocycles. The Morgan fingerprint density at radius 2 is 1.76 bits per heavy atom. The van der Waals surface area contributed by atoms with Crippen LogP contribution in [0.2, 0.25) is 0 Å². The van der Waals surface area contributed by atoms with Crippen molar-refractivity contribution in [3.8, 4) is 5.69 Å². The summed E-state index contributed by atoms with van der Waals surface area (Å²) >= 11 is 0. The van der Waals surface area contributed by atoms with Crippen molar-refractivity contribution in [1.29, 1.82) is 0 Å². The number of aromatic nitrogens is 3. The van der Waals surface area contributed by atoms with Crippen LogP contribution in [0.25, 0.3) is 16.5 Å². The maximum Gasteiger partial charge on any atom is 0.350 e. The minimum atomic E-state index is -0.0790. The van der Waals surface area contributed by atoms with Crippen molar-refractivity contribution in [3.05, 3.63) is 94.7 Å². The predicted molar refractivity (Wildman–Crippen MR) is 116 cm³/mol. The molecule has 1 aliphatic rings. The van der Waals surface area contributed by atoms with Gasteiger partial charge in [-0.25, -0.2) is 14.0 Å². The van der Waals surface area contributed by atoms with E-state index in [0.29, 0.717) is 6.54 Å². The van der Waals surface area contributed by atoms with Gasteiger partial charge in [-0.05, 0) is 47.9 Å². The van der Waals surface area contributed by atoms with E-state index >= 15 is 0 Å². The molecule has 5 nitrogen and oxygen atoms in total. The second-order valence-electron chi connectivity index (χ2n) is 7.65. The molecule has 5 heteroatoms. The van der Waals surface area contributed by atoms with Crippen molar-refractivity contribution < 1.29 is 0 Å². The predicted octanol–water partition coefficient (Wildman–Crippen LogP) is 3.70. The molecule has 0 aliphatic carbocycles. The van der Waals surface area contributed by atoms with E-state index in [0.717, 1.165) is 48.4 Å². The summed E-state index contributed by atoms with van der Waals surface area (Å²) in [7, 11) is 0. The van der Waals surface area contributed by atoms with E-state index in [1.54, 1.807) is 9.25 Å². The molecule has 1 fully saturated rings. The normalized spacial score (nSPS) is 16.9. The van der Waals surface area contributed by atoms with Crippen molar-refractivity contribution in [1.82, 2.24) is 19.7 Å². The Hall–Kier alpha value is -3.18. The maximum absolute atomic E-state index is 13.4. The summed E-state index contributed by atoms with van der Waals surface area (Å²) in [5, 5.41) is 10.6. The Balaban J connectivity index is 1.62. The number of nitrogens with one attached hydrogen (secondary N) is 1. The molecule has 0 amide bonds. The molecule has 146 valence electrons. The minimum Gasteiger partial charge on any atom is -0.316 e. The van der Waals surface area contributed by atoms with Gasteiger partial charge in [0.15, 0.2) is 0 Å². The standard InChI is InChI=1S/C24H24N4O/c29-24-27(17-20-10-6-9-18-8-4-5-14-22(18)20)26-23(19-11-7-15-25-16-19)28(24)21-12-2-1-3-13-21/h1-6,8-10,12-14,19,25H,7,11,15-17H2/t19-/m0/s1. The van der Waals surface area contributed by atoms with Gasteiger partial charge in [-0.15, -0.1) is 0 Å². The number of rotatable bonds is 4. The highest BCUT2D eigenvalue weighted by molar-refractivity contribution is 5.85. The molecule has 0 saturated carbocycles. The van der Waals surface area contributed by atoms with Gasteiger partial charge < -0.3 is 5.32 Å². The first-order valence-electron chi connectivity index (χ1n) is 10.2. The first-order chi connectivity index (χ1) is 14.3. The SMILES string of the molecule is O=c1n(Cc2cccc3ccccc23)nc([C@H]2CCCNC2)n1-c1ccccc1. The summed E-state index contributed by atoms with van der Waals surface area (Å²) in [6.07, 6.45) is 2.15. The number of piperidine rings is 1. The Kier molecular flexibility index (Phi) is 4.74. The van der Waals surface area contributed by atoms with Crippen molar-refractivity contribution >= 4 is 10.8 Å². The molecular weight excluding hydrogens is 360 g/mol. The van der Waals surface area contributed by atoms with E-state index in [4.69, 9.17) is 5.10 Å². The molecule has 4 aromatic rings. The fourth-order valence-corrected chi connectivity index (χ4v) is 4.28. The number of hydrogen-bond donors (Lipinski definition) is 1. The molecule has 5 rings (SSSR count). The fraction of sp³-hybridized carbons (Fsp3) is 0.250. The van der Waals surface area contributed by atoms with Gasteiger partial charge in [0, 0.05) is 12.5 Å². The summed E-state index contributed by atoms with van der Waals surface area (Å²) in [5.41, 5.74) is 1.91. The van der Waals surface area contributed by atoms with Crippen LogP contribution in [0.5, 0.6) is 0 Å². The molecule has 0 radical (unpaired) electrons. The molecule has 0 spiro atoms. The van der Waals surface area contributed by atoms with Gasteiger partial charge in [0.05, 0.1) is 12.2 Å². The Bertz CT molecular complexity index is 1180. The van der Waals surface area contributed by atoms with Crippen LogP contribution in [-0.4, -0.2) is 27.4 Å². The molecule has 29 heavy (non-hydrogen) atoms. The van der Waals surface area contributed by atoms with E-state index in [1.165, 1.54) is 5.39 Å². The first kappa shape index (κ1) is 17.9. The van der Waals surface area contributed by atoms with E-state index in [1.807, 2.05) is 48.5 Å². The highest BCUT2D eigenvalue weighted by atomic mass is 16.2. The number of nitrogens with zero attached hydrogens (tertiary/aromatic N) is 3. The summed E-state index contributed by atoms with van der Waals surface area (Å²) in [5.74, 6) is 1.10. The van der Waals surface area contributed by atoms with Gasteiger partial charge in [0.2, 0.25) is 0 Å². The molecule has 0 bridgehead atoms. The topological polar surface area (TPSA) is 51.9 Å². The Labute approximate surface area is 169 Å². The average molecular weight is 384 g/mol. The second kappa shape index (κ2) is 7.68. The van der Waals surface area contributed by atoms with Gasteiger partial charge in [0.1, 0.15) is 5.82 Å². The molecule has 1 saturated heterocycles. The minimum absolute atomic E-state index is 0.0790. The van der Waals surface area contributed by atoms with Crippen LogP contribution in [0.1, 0.15) is 30.1 Å². The first-order valence-corrected chi connectivity index (χ1v) is 10.2. The largest absolute Gasteiger partial charge is 0.350 e. The molecule has 1 aliphatic heterocycles. The fourth-order valence-electron chi connectivity index (χ4n) is 4.28. The van der Waals surface area contributed by atoms with Gasteiger partial charge >= 0.3 is 5.69 Å². The van der Waals surface area contributed by atoms with Crippen LogP contribution in [0.3, 0.4) is 0 Å². The number of benzene rings is 3. The van der Waals surface area contributed by atoms with E-state index in [2.05, 4.69) is 29.6 Å². The van der Waals surface area contributed by atoms with E-state index in [-0.39, 0.29) is 11.6 Å². The highest BCUT2D eigenvalue weighted by Gasteiger charge is 2.25. The van der Waals surface area contributed by atoms with Crippen LogP contribution in [0.4, 0.5) is 0 Å². The number of hydrogen-bond acceptors (Lipinski definition) is 3. The molecule has 3 aromatic carbocycles. The highest BCUT2D eigenvalue weighted by Crippen LogP contribution is 2.24. The van der Waals surface area contributed by atoms with Crippen molar-refractivity contribution in [2.45, 2.75) is 25.3 Å². The van der Waals surface area contributed by atoms with Crippen molar-refractivity contribution in [2.24, 2.45) is 0 Å². The Morgan fingerprint density at radius 1 is 0.966 bits per heavy atom. The van der Waals surface area contributed by atoms with Crippen LogP contribution >= 0.6 is 0 Å². The Morgan fingerprint density at radius 3 is 2.59 bits per heavy atom. The van der Waals surface area contributed by atoms with Gasteiger partial charge in [-0.1, -0.05) is 60.7 Å². The van der Waals surface area contributed by atoms with Crippen LogP contribution in [-0.2, 0) is 6.54 Å². The lowest BCUT2D eigenvalue weighted by Gasteiger charge is -2.22. The average Bonchev–Trinajstić information content (AvgIpc) is 3.11. The zero-order valence-corrected chi connectivity index (χ0v) is 16.3. The van der Waals surface area contributed by atoms with Gasteiger partial charge in [-0.3, -0.25) is 0 Å². The molecular formula is C24H24N4O. The smallest absolute Gasteiger partial charge is 0.316 e. The summed E-state index contributed by atoms with van der Waals surface area (Å²) in [6, 6.07) is 24.4. The lowest BCUT2D eigenvalue weighted by Crippen LogP contribution is -2.31. The van der Waals surface area contributed by atoms with E-state index in [9.17, 15) is 4.79 Å². The zero-order valence-electron chi connectivity index (χ0n) is 16.3. The molecule has 1 aromatic heterocycles. The quantitative estimate of drug-likeness (QED) is 0.584. The third kappa shape index (κ3) is 3.38. The number of para-hydroxylation sites is 1. The molecule has 1 atom stereocenters. The summed E-state index contributed by atoms with van der Waals surface area (Å²) in [6.45, 7) is 2.35. The third-order valence-corrected chi connectivity index (χ3v) is 5.74. The van der Waals surface area contributed by atoms with Crippen LogP contribution in [0.15, 0.2) is 77.6 Å². The van der Waals surface area contributed by atoms with E-state index < -0.39 is 0 Å². The van der Waals surface area contributed by atoms with Crippen molar-refractivity contribution in [3.63, 3.8) is 0 Å². The second-order valence-corrected chi connectivity index (χ2v) is 7.65. The zero-order chi connectivity index (χ0) is 19.6. The third-order valence-electron chi connectivity index (χ3n) is 5.74. The van der Waals surface area contributed by atoms with Crippen LogP contribution in [0, 0.1) is 0 Å². The van der Waals surface area contributed by atoms with Gasteiger partial charge in [-0.2, -0.15) is 5.10 Å². The molecule has 1 N–H and O–H groups in total. The van der Waals surface area contributed by atoms with Crippen LogP contribution < -0.4 is 11.0 Å². The lowest BCUT2D eigenvalue weighted by atomic mass is 9.99. The lowest BCUT2D eigenvalue weighted by molar-refractivity contribution is 0.439. The van der Waals surface area contributed by atoms with Crippen molar-refractivity contribution in [2.75, 3.05) is 13.1 Å². The molecule has 0 unspecified atom stereocenters. The maximum atomic E-state index is 13.4. The van der Waals surface area contributed by atoms with Gasteiger partial charge in [0.25, 0.3) is 0 Å². The number of fused-ring (bicyclic) bond motifs is 1. The monoisotopic (exact) mass is 384 g/mol.